The molecule has 2 amide bonds. The minimum atomic E-state index is -0.638. The van der Waals surface area contributed by atoms with Crippen molar-refractivity contribution < 1.29 is 14.7 Å². The average Bonchev–Trinajstić information content (AvgIpc) is 2.92. The SMILES string of the molecule is CC1=NN(c2ccccc2)C(=O)[C@H]1/C=N\NC(=O)c1ccc(I)c(O)c1. The largest absolute Gasteiger partial charge is 0.507 e. The zero-order chi connectivity index (χ0) is 18.7. The van der Waals surface area contributed by atoms with Crippen molar-refractivity contribution in [3.8, 4) is 5.75 Å². The van der Waals surface area contributed by atoms with Gasteiger partial charge in [0.15, 0.2) is 0 Å². The van der Waals surface area contributed by atoms with Crippen LogP contribution in [0.1, 0.15) is 17.3 Å². The third-order valence-corrected chi connectivity index (χ3v) is 4.69. The molecular formula is C18H15IN4O3. The molecule has 2 N–H and O–H groups in total. The molecular weight excluding hydrogens is 447 g/mol. The van der Waals surface area contributed by atoms with Crippen LogP contribution in [0.15, 0.2) is 58.7 Å². The first-order valence-corrected chi connectivity index (χ1v) is 8.81. The standard InChI is InChI=1S/C18H15IN4O3/c1-11-14(18(26)23(22-11)13-5-3-2-4-6-13)10-20-21-17(25)12-7-8-15(19)16(24)9-12/h2-10,14,24H,1H3,(H,21,25)/b20-10-/t14-/m0/s1. The second kappa shape index (κ2) is 7.65. The lowest BCUT2D eigenvalue weighted by Gasteiger charge is -2.12. The molecule has 0 aromatic heterocycles. The minimum Gasteiger partial charge on any atom is -0.507 e. The first kappa shape index (κ1) is 18.1. The lowest BCUT2D eigenvalue weighted by Crippen LogP contribution is -2.29. The number of nitrogens with one attached hydrogen (secondary N) is 1. The molecule has 1 aliphatic rings. The molecule has 0 unspecified atom stereocenters. The van der Waals surface area contributed by atoms with E-state index in [0.717, 1.165) is 0 Å². The Morgan fingerprint density at radius 2 is 2.04 bits per heavy atom. The van der Waals surface area contributed by atoms with Crippen LogP contribution >= 0.6 is 22.6 Å². The van der Waals surface area contributed by atoms with Crippen molar-refractivity contribution in [2.45, 2.75) is 6.92 Å². The molecule has 7 nitrogen and oxygen atoms in total. The maximum Gasteiger partial charge on any atom is 0.271 e. The molecule has 1 aliphatic heterocycles. The molecule has 2 aromatic rings. The summed E-state index contributed by atoms with van der Waals surface area (Å²) in [6.45, 7) is 1.73. The number of para-hydroxylation sites is 1. The van der Waals surface area contributed by atoms with Crippen molar-refractivity contribution in [3.63, 3.8) is 0 Å². The van der Waals surface area contributed by atoms with Crippen molar-refractivity contribution in [3.05, 3.63) is 57.7 Å². The quantitative estimate of drug-likeness (QED) is 0.416. The predicted octanol–water partition coefficient (Wildman–Crippen LogP) is 2.75. The number of nitrogens with zero attached hydrogens (tertiary/aromatic N) is 3. The number of halogens is 1. The molecule has 0 saturated carbocycles. The summed E-state index contributed by atoms with van der Waals surface area (Å²) in [6.07, 6.45) is 1.36. The molecule has 0 saturated heterocycles. The number of hydrogen-bond donors (Lipinski definition) is 2. The van der Waals surface area contributed by atoms with Crippen molar-refractivity contribution in [2.24, 2.45) is 16.1 Å². The van der Waals surface area contributed by atoms with E-state index < -0.39 is 11.8 Å². The fourth-order valence-corrected chi connectivity index (χ4v) is 2.73. The molecule has 26 heavy (non-hydrogen) atoms. The second-order valence-electron chi connectivity index (χ2n) is 5.59. The van der Waals surface area contributed by atoms with Gasteiger partial charge in [-0.25, -0.2) is 5.43 Å². The summed E-state index contributed by atoms with van der Waals surface area (Å²) in [5.41, 5.74) is 3.89. The summed E-state index contributed by atoms with van der Waals surface area (Å²) >= 11 is 1.96. The molecule has 2 aromatic carbocycles. The molecule has 0 fully saturated rings. The Bertz CT molecular complexity index is 912. The number of rotatable bonds is 4. The second-order valence-corrected chi connectivity index (χ2v) is 6.75. The van der Waals surface area contributed by atoms with E-state index in [1.54, 1.807) is 31.2 Å². The Kier molecular flexibility index (Phi) is 5.31. The van der Waals surface area contributed by atoms with Gasteiger partial charge in [0.2, 0.25) is 0 Å². The van der Waals surface area contributed by atoms with E-state index in [1.807, 2.05) is 40.8 Å². The predicted molar refractivity (Wildman–Crippen MR) is 107 cm³/mol. The van der Waals surface area contributed by atoms with Crippen molar-refractivity contribution in [1.29, 1.82) is 0 Å². The van der Waals surface area contributed by atoms with Gasteiger partial charge in [-0.05, 0) is 59.8 Å². The summed E-state index contributed by atoms with van der Waals surface area (Å²) in [7, 11) is 0. The molecule has 0 spiro atoms. The zero-order valence-corrected chi connectivity index (χ0v) is 15.9. The Morgan fingerprint density at radius 1 is 1.31 bits per heavy atom. The molecule has 8 heteroatoms. The number of aromatic hydroxyl groups is 1. The van der Waals surface area contributed by atoms with Crippen LogP contribution in [0.3, 0.4) is 0 Å². The van der Waals surface area contributed by atoms with Gasteiger partial charge in [0.05, 0.1) is 15.0 Å². The van der Waals surface area contributed by atoms with E-state index in [-0.39, 0.29) is 17.2 Å². The average molecular weight is 462 g/mol. The van der Waals surface area contributed by atoms with Crippen LogP contribution < -0.4 is 10.4 Å². The summed E-state index contributed by atoms with van der Waals surface area (Å²) in [4.78, 5) is 24.6. The highest BCUT2D eigenvalue weighted by Crippen LogP contribution is 2.23. The van der Waals surface area contributed by atoms with Crippen molar-refractivity contribution in [2.75, 3.05) is 5.01 Å². The Labute approximate surface area is 163 Å². The van der Waals surface area contributed by atoms with Crippen LogP contribution in [-0.2, 0) is 4.79 Å². The molecule has 0 radical (unpaired) electrons. The van der Waals surface area contributed by atoms with Gasteiger partial charge in [-0.2, -0.15) is 15.2 Å². The number of phenols is 1. The molecule has 3 rings (SSSR count). The Morgan fingerprint density at radius 3 is 2.73 bits per heavy atom. The van der Waals surface area contributed by atoms with Gasteiger partial charge in [-0.3, -0.25) is 9.59 Å². The Balaban J connectivity index is 1.67. The normalized spacial score (nSPS) is 16.8. The number of phenolic OH excluding ortho intramolecular Hbond substituents is 1. The number of amides is 2. The highest BCUT2D eigenvalue weighted by Gasteiger charge is 2.33. The summed E-state index contributed by atoms with van der Waals surface area (Å²) in [6, 6.07) is 13.7. The molecule has 0 bridgehead atoms. The van der Waals surface area contributed by atoms with E-state index in [1.165, 1.54) is 17.3 Å². The summed E-state index contributed by atoms with van der Waals surface area (Å²) in [5.74, 6) is -1.33. The monoisotopic (exact) mass is 462 g/mol. The first-order valence-electron chi connectivity index (χ1n) is 7.73. The fourth-order valence-electron chi connectivity index (χ4n) is 2.39. The van der Waals surface area contributed by atoms with Crippen LogP contribution in [0.25, 0.3) is 0 Å². The van der Waals surface area contributed by atoms with Gasteiger partial charge in [0.25, 0.3) is 11.8 Å². The highest BCUT2D eigenvalue weighted by atomic mass is 127. The minimum absolute atomic E-state index is 0.0229. The van der Waals surface area contributed by atoms with Gasteiger partial charge in [-0.15, -0.1) is 0 Å². The maximum atomic E-state index is 12.5. The van der Waals surface area contributed by atoms with Gasteiger partial charge in [-0.1, -0.05) is 18.2 Å². The number of hydrazone groups is 2. The number of carbonyl (C=O) groups excluding carboxylic acids is 2. The van der Waals surface area contributed by atoms with Gasteiger partial charge in [0.1, 0.15) is 11.7 Å². The fraction of sp³-hybridized carbons (Fsp3) is 0.111. The van der Waals surface area contributed by atoms with E-state index in [4.69, 9.17) is 0 Å². The molecule has 132 valence electrons. The van der Waals surface area contributed by atoms with Gasteiger partial charge >= 0.3 is 0 Å². The van der Waals surface area contributed by atoms with E-state index in [0.29, 0.717) is 15.0 Å². The number of hydrogen-bond acceptors (Lipinski definition) is 5. The van der Waals surface area contributed by atoms with E-state index in [9.17, 15) is 14.7 Å². The molecule has 1 heterocycles. The smallest absolute Gasteiger partial charge is 0.271 e. The maximum absolute atomic E-state index is 12.5. The third kappa shape index (κ3) is 3.74. The van der Waals surface area contributed by atoms with Crippen LogP contribution in [0.5, 0.6) is 5.75 Å². The zero-order valence-electron chi connectivity index (χ0n) is 13.8. The van der Waals surface area contributed by atoms with Crippen LogP contribution in [-0.4, -0.2) is 28.8 Å². The third-order valence-electron chi connectivity index (χ3n) is 3.78. The number of anilines is 1. The first-order chi connectivity index (χ1) is 12.5. The van der Waals surface area contributed by atoms with Crippen LogP contribution in [0, 0.1) is 9.49 Å². The number of carbonyl (C=O) groups is 2. The lowest BCUT2D eigenvalue weighted by molar-refractivity contribution is -0.118. The van der Waals surface area contributed by atoms with Crippen LogP contribution in [0.4, 0.5) is 5.69 Å². The summed E-state index contributed by atoms with van der Waals surface area (Å²) in [5, 5.41) is 19.1. The highest BCUT2D eigenvalue weighted by molar-refractivity contribution is 14.1. The summed E-state index contributed by atoms with van der Waals surface area (Å²) < 4.78 is 0.645. The van der Waals surface area contributed by atoms with Crippen molar-refractivity contribution in [1.82, 2.24) is 5.43 Å². The van der Waals surface area contributed by atoms with Crippen molar-refractivity contribution >= 4 is 52.0 Å². The van der Waals surface area contributed by atoms with E-state index >= 15 is 0 Å². The molecule has 1 atom stereocenters. The lowest BCUT2D eigenvalue weighted by atomic mass is 10.1. The van der Waals surface area contributed by atoms with Crippen LogP contribution in [0.2, 0.25) is 0 Å². The number of benzene rings is 2. The van der Waals surface area contributed by atoms with Gasteiger partial charge < -0.3 is 5.11 Å². The van der Waals surface area contributed by atoms with E-state index in [2.05, 4.69) is 15.6 Å². The Hall–Kier alpha value is -2.75. The molecule has 0 aliphatic carbocycles. The topological polar surface area (TPSA) is 94.4 Å². The van der Waals surface area contributed by atoms with Gasteiger partial charge in [0, 0.05) is 11.8 Å².